The van der Waals surface area contributed by atoms with Crippen molar-refractivity contribution in [3.63, 3.8) is 0 Å². The lowest BCUT2D eigenvalue weighted by Gasteiger charge is -2.10. The van der Waals surface area contributed by atoms with Gasteiger partial charge in [-0.15, -0.1) is 0 Å². The highest BCUT2D eigenvalue weighted by molar-refractivity contribution is 5.99. The van der Waals surface area contributed by atoms with E-state index in [1.165, 1.54) is 6.07 Å². The lowest BCUT2D eigenvalue weighted by molar-refractivity contribution is 0.112. The first kappa shape index (κ1) is 14.1. The molecule has 110 valence electrons. The molecule has 0 saturated carbocycles. The molecule has 0 aliphatic carbocycles. The Bertz CT molecular complexity index is 922. The van der Waals surface area contributed by atoms with Crippen LogP contribution in [-0.4, -0.2) is 13.4 Å². The van der Waals surface area contributed by atoms with Crippen molar-refractivity contribution in [2.45, 2.75) is 6.92 Å². The van der Waals surface area contributed by atoms with E-state index < -0.39 is 5.63 Å². The Hall–Kier alpha value is -2.88. The van der Waals surface area contributed by atoms with Crippen molar-refractivity contribution in [3.8, 4) is 16.9 Å². The smallest absolute Gasteiger partial charge is 0.336 e. The molecule has 3 rings (SSSR count). The molecule has 4 nitrogen and oxygen atoms in total. The van der Waals surface area contributed by atoms with E-state index in [1.807, 2.05) is 19.1 Å². The standard InChI is InChI=1S/C18H14O4/c1-11-3-6-17-16(7-11)15(9-18(20)22-17)14-5-4-13(21-2)8-12(14)10-19/h3-10H,1-2H3. The summed E-state index contributed by atoms with van der Waals surface area (Å²) in [5.74, 6) is 0.592. The van der Waals surface area contributed by atoms with Crippen molar-refractivity contribution in [1.29, 1.82) is 0 Å². The Labute approximate surface area is 127 Å². The summed E-state index contributed by atoms with van der Waals surface area (Å²) in [6.45, 7) is 1.96. The summed E-state index contributed by atoms with van der Waals surface area (Å²) >= 11 is 0. The number of aldehydes is 1. The average Bonchev–Trinajstić information content (AvgIpc) is 2.54. The van der Waals surface area contributed by atoms with E-state index in [0.717, 1.165) is 17.2 Å². The second-order valence-corrected chi connectivity index (χ2v) is 5.05. The topological polar surface area (TPSA) is 56.5 Å². The molecule has 0 fully saturated rings. The number of ether oxygens (including phenoxy) is 1. The summed E-state index contributed by atoms with van der Waals surface area (Å²) in [6, 6.07) is 12.2. The number of benzene rings is 2. The molecule has 0 saturated heterocycles. The minimum atomic E-state index is -0.445. The van der Waals surface area contributed by atoms with Crippen LogP contribution in [0.1, 0.15) is 15.9 Å². The number of hydrogen-bond acceptors (Lipinski definition) is 4. The fraction of sp³-hybridized carbons (Fsp3) is 0.111. The Morgan fingerprint density at radius 3 is 2.59 bits per heavy atom. The minimum Gasteiger partial charge on any atom is -0.497 e. The number of carbonyl (C=O) groups is 1. The molecule has 0 unspecified atom stereocenters. The molecule has 4 heteroatoms. The molecule has 0 spiro atoms. The summed E-state index contributed by atoms with van der Waals surface area (Å²) in [7, 11) is 1.54. The quantitative estimate of drug-likeness (QED) is 0.547. The van der Waals surface area contributed by atoms with Gasteiger partial charge in [-0.1, -0.05) is 11.6 Å². The molecular formula is C18H14O4. The molecule has 1 aromatic heterocycles. The van der Waals surface area contributed by atoms with Gasteiger partial charge in [-0.3, -0.25) is 4.79 Å². The summed E-state index contributed by atoms with van der Waals surface area (Å²) < 4.78 is 10.4. The number of hydrogen-bond donors (Lipinski definition) is 0. The minimum absolute atomic E-state index is 0.445. The molecule has 0 bridgehead atoms. The number of carbonyl (C=O) groups excluding carboxylic acids is 1. The molecular weight excluding hydrogens is 280 g/mol. The normalized spacial score (nSPS) is 10.6. The van der Waals surface area contributed by atoms with Crippen molar-refractivity contribution >= 4 is 17.3 Å². The third-order valence-corrected chi connectivity index (χ3v) is 3.57. The van der Waals surface area contributed by atoms with Crippen LogP contribution in [0.15, 0.2) is 51.7 Å². The van der Waals surface area contributed by atoms with Crippen molar-refractivity contribution in [1.82, 2.24) is 0 Å². The molecule has 0 amide bonds. The van der Waals surface area contributed by atoms with Crippen LogP contribution in [-0.2, 0) is 0 Å². The van der Waals surface area contributed by atoms with Crippen LogP contribution in [0.25, 0.3) is 22.1 Å². The third-order valence-electron chi connectivity index (χ3n) is 3.57. The predicted octanol–water partition coefficient (Wildman–Crippen LogP) is 3.59. The van der Waals surface area contributed by atoms with Gasteiger partial charge in [0.25, 0.3) is 0 Å². The van der Waals surface area contributed by atoms with Gasteiger partial charge in [-0.25, -0.2) is 4.79 Å². The number of rotatable bonds is 3. The zero-order valence-electron chi connectivity index (χ0n) is 12.3. The van der Waals surface area contributed by atoms with Gasteiger partial charge in [0.2, 0.25) is 0 Å². The van der Waals surface area contributed by atoms with Crippen LogP contribution in [0.2, 0.25) is 0 Å². The Balaban J connectivity index is 2.37. The molecule has 0 radical (unpaired) electrons. The fourth-order valence-corrected chi connectivity index (χ4v) is 2.51. The van der Waals surface area contributed by atoms with E-state index in [4.69, 9.17) is 9.15 Å². The van der Waals surface area contributed by atoms with Crippen LogP contribution >= 0.6 is 0 Å². The molecule has 3 aromatic rings. The van der Waals surface area contributed by atoms with E-state index in [2.05, 4.69) is 0 Å². The maximum Gasteiger partial charge on any atom is 0.336 e. The van der Waals surface area contributed by atoms with Crippen LogP contribution in [0.4, 0.5) is 0 Å². The Morgan fingerprint density at radius 2 is 1.86 bits per heavy atom. The molecule has 0 atom stereocenters. The summed E-state index contributed by atoms with van der Waals surface area (Å²) in [5.41, 5.74) is 2.93. The summed E-state index contributed by atoms with van der Waals surface area (Å²) in [5, 5.41) is 0.799. The Morgan fingerprint density at radius 1 is 1.05 bits per heavy atom. The van der Waals surface area contributed by atoms with E-state index in [0.29, 0.717) is 28.0 Å². The molecule has 2 aromatic carbocycles. The van der Waals surface area contributed by atoms with E-state index in [1.54, 1.807) is 31.4 Å². The highest BCUT2D eigenvalue weighted by Crippen LogP contribution is 2.31. The first-order valence-corrected chi connectivity index (χ1v) is 6.80. The first-order valence-electron chi connectivity index (χ1n) is 6.80. The van der Waals surface area contributed by atoms with Gasteiger partial charge in [0.05, 0.1) is 7.11 Å². The van der Waals surface area contributed by atoms with Crippen molar-refractivity contribution in [2.24, 2.45) is 0 Å². The zero-order valence-corrected chi connectivity index (χ0v) is 12.3. The number of fused-ring (bicyclic) bond motifs is 1. The molecule has 0 N–H and O–H groups in total. The lowest BCUT2D eigenvalue weighted by atomic mass is 9.96. The van der Waals surface area contributed by atoms with Crippen molar-refractivity contribution in [3.05, 3.63) is 64.0 Å². The largest absolute Gasteiger partial charge is 0.497 e. The van der Waals surface area contributed by atoms with Gasteiger partial charge in [-0.2, -0.15) is 0 Å². The van der Waals surface area contributed by atoms with Crippen LogP contribution in [0.5, 0.6) is 5.75 Å². The lowest BCUT2D eigenvalue weighted by Crippen LogP contribution is -2.00. The molecule has 0 aliphatic heterocycles. The Kier molecular flexibility index (Phi) is 3.51. The van der Waals surface area contributed by atoms with E-state index >= 15 is 0 Å². The zero-order chi connectivity index (χ0) is 15.7. The summed E-state index contributed by atoms with van der Waals surface area (Å²) in [6.07, 6.45) is 0.758. The van der Waals surface area contributed by atoms with Gasteiger partial charge in [-0.05, 0) is 42.8 Å². The first-order chi connectivity index (χ1) is 10.6. The van der Waals surface area contributed by atoms with Crippen molar-refractivity contribution in [2.75, 3.05) is 7.11 Å². The SMILES string of the molecule is COc1ccc(-c2cc(=O)oc3ccc(C)cc23)c(C=O)c1. The number of methoxy groups -OCH3 is 1. The molecule has 1 heterocycles. The maximum absolute atomic E-state index is 11.8. The van der Waals surface area contributed by atoms with Crippen LogP contribution in [0, 0.1) is 6.92 Å². The average molecular weight is 294 g/mol. The van der Waals surface area contributed by atoms with Gasteiger partial charge in [0.15, 0.2) is 6.29 Å². The highest BCUT2D eigenvalue weighted by atomic mass is 16.5. The highest BCUT2D eigenvalue weighted by Gasteiger charge is 2.12. The van der Waals surface area contributed by atoms with Crippen LogP contribution < -0.4 is 10.4 Å². The van der Waals surface area contributed by atoms with E-state index in [9.17, 15) is 9.59 Å². The second-order valence-electron chi connectivity index (χ2n) is 5.05. The number of aryl methyl sites for hydroxylation is 1. The van der Waals surface area contributed by atoms with Gasteiger partial charge >= 0.3 is 5.63 Å². The van der Waals surface area contributed by atoms with Crippen LogP contribution in [0.3, 0.4) is 0 Å². The third kappa shape index (κ3) is 2.39. The van der Waals surface area contributed by atoms with Gasteiger partial charge < -0.3 is 9.15 Å². The van der Waals surface area contributed by atoms with Gasteiger partial charge in [0.1, 0.15) is 11.3 Å². The molecule has 22 heavy (non-hydrogen) atoms. The predicted molar refractivity (Wildman–Crippen MR) is 84.6 cm³/mol. The van der Waals surface area contributed by atoms with Crippen molar-refractivity contribution < 1.29 is 13.9 Å². The summed E-state index contributed by atoms with van der Waals surface area (Å²) in [4.78, 5) is 23.2. The second kappa shape index (κ2) is 5.48. The van der Waals surface area contributed by atoms with Gasteiger partial charge in [0, 0.05) is 22.6 Å². The van der Waals surface area contributed by atoms with E-state index in [-0.39, 0.29) is 0 Å². The maximum atomic E-state index is 11.8. The monoisotopic (exact) mass is 294 g/mol. The molecule has 0 aliphatic rings. The fourth-order valence-electron chi connectivity index (χ4n) is 2.51.